The van der Waals surface area contributed by atoms with Crippen molar-refractivity contribution in [1.82, 2.24) is 10.3 Å². The van der Waals surface area contributed by atoms with E-state index >= 15 is 0 Å². The van der Waals surface area contributed by atoms with Crippen molar-refractivity contribution in [2.75, 3.05) is 18.4 Å². The third-order valence-electron chi connectivity index (χ3n) is 2.06. The Bertz CT molecular complexity index is 422. The molecule has 0 radical (unpaired) electrons. The fraction of sp³-hybridized carbons (Fsp3) is 0.364. The fourth-order valence-corrected chi connectivity index (χ4v) is 1.26. The summed E-state index contributed by atoms with van der Waals surface area (Å²) in [6, 6.07) is 3.82. The second-order valence-electron chi connectivity index (χ2n) is 3.27. The lowest BCUT2D eigenvalue weighted by Gasteiger charge is -2.08. The Balaban J connectivity index is 2.71. The minimum absolute atomic E-state index is 0.116. The van der Waals surface area contributed by atoms with E-state index in [9.17, 15) is 4.79 Å². The number of hydrogen-bond donors (Lipinski definition) is 2. The van der Waals surface area contributed by atoms with E-state index in [-0.39, 0.29) is 12.5 Å². The largest absolute Gasteiger partial charge is 0.360 e. The van der Waals surface area contributed by atoms with Crippen LogP contribution in [0.4, 0.5) is 5.82 Å². The standard InChI is InChI=1S/C11H14N4O/c1-3-13-10(16)7-15-11-9(6-12)8(2)4-5-14-11/h4-5H,3,7H2,1-2H3,(H,13,16)(H,14,15). The topological polar surface area (TPSA) is 77.8 Å². The number of nitriles is 1. The van der Waals surface area contributed by atoms with E-state index in [1.807, 2.05) is 13.8 Å². The quantitative estimate of drug-likeness (QED) is 0.784. The molecule has 1 rings (SSSR count). The van der Waals surface area contributed by atoms with E-state index in [1.54, 1.807) is 12.3 Å². The van der Waals surface area contributed by atoms with Gasteiger partial charge in [0, 0.05) is 12.7 Å². The van der Waals surface area contributed by atoms with Gasteiger partial charge in [-0.1, -0.05) is 0 Å². The molecular weight excluding hydrogens is 204 g/mol. The first-order valence-corrected chi connectivity index (χ1v) is 5.05. The summed E-state index contributed by atoms with van der Waals surface area (Å²) in [6.07, 6.45) is 1.61. The average molecular weight is 218 g/mol. The highest BCUT2D eigenvalue weighted by molar-refractivity contribution is 5.80. The predicted octanol–water partition coefficient (Wildman–Crippen LogP) is 0.810. The number of amides is 1. The number of nitrogens with one attached hydrogen (secondary N) is 2. The lowest BCUT2D eigenvalue weighted by atomic mass is 10.1. The van der Waals surface area contributed by atoms with Crippen LogP contribution >= 0.6 is 0 Å². The molecule has 0 aliphatic rings. The van der Waals surface area contributed by atoms with Gasteiger partial charge in [0.25, 0.3) is 0 Å². The molecule has 1 amide bonds. The first kappa shape index (κ1) is 12.0. The van der Waals surface area contributed by atoms with Crippen molar-refractivity contribution >= 4 is 11.7 Å². The predicted molar refractivity (Wildman–Crippen MR) is 60.9 cm³/mol. The molecule has 0 saturated carbocycles. The minimum atomic E-state index is -0.116. The van der Waals surface area contributed by atoms with Crippen LogP contribution in [0.25, 0.3) is 0 Å². The van der Waals surface area contributed by atoms with Crippen LogP contribution in [-0.4, -0.2) is 24.0 Å². The van der Waals surface area contributed by atoms with Gasteiger partial charge in [0.15, 0.2) is 0 Å². The van der Waals surface area contributed by atoms with E-state index in [2.05, 4.69) is 21.7 Å². The second-order valence-corrected chi connectivity index (χ2v) is 3.27. The highest BCUT2D eigenvalue weighted by Crippen LogP contribution is 2.14. The summed E-state index contributed by atoms with van der Waals surface area (Å²) >= 11 is 0. The van der Waals surface area contributed by atoms with Gasteiger partial charge in [0.2, 0.25) is 5.91 Å². The normalized spacial score (nSPS) is 9.31. The molecule has 0 fully saturated rings. The third-order valence-corrected chi connectivity index (χ3v) is 2.06. The fourth-order valence-electron chi connectivity index (χ4n) is 1.26. The number of aromatic nitrogens is 1. The monoisotopic (exact) mass is 218 g/mol. The van der Waals surface area contributed by atoms with Crippen LogP contribution in [0.1, 0.15) is 18.1 Å². The first-order valence-electron chi connectivity index (χ1n) is 5.05. The molecule has 84 valence electrons. The Kier molecular flexibility index (Phi) is 4.28. The molecule has 1 heterocycles. The van der Waals surface area contributed by atoms with Crippen molar-refractivity contribution in [2.45, 2.75) is 13.8 Å². The molecule has 16 heavy (non-hydrogen) atoms. The van der Waals surface area contributed by atoms with Gasteiger partial charge in [-0.15, -0.1) is 0 Å². The van der Waals surface area contributed by atoms with Crippen LogP contribution in [0.5, 0.6) is 0 Å². The van der Waals surface area contributed by atoms with Gasteiger partial charge in [0.05, 0.1) is 12.1 Å². The third kappa shape index (κ3) is 2.95. The molecule has 0 aliphatic heterocycles. The maximum Gasteiger partial charge on any atom is 0.239 e. The number of pyridine rings is 1. The number of carbonyl (C=O) groups is 1. The molecule has 0 spiro atoms. The lowest BCUT2D eigenvalue weighted by Crippen LogP contribution is -2.29. The summed E-state index contributed by atoms with van der Waals surface area (Å²) in [4.78, 5) is 15.2. The van der Waals surface area contributed by atoms with Crippen LogP contribution in [0.15, 0.2) is 12.3 Å². The van der Waals surface area contributed by atoms with E-state index in [1.165, 1.54) is 0 Å². The summed E-state index contributed by atoms with van der Waals surface area (Å²) in [5.74, 6) is 0.337. The van der Waals surface area contributed by atoms with Gasteiger partial charge < -0.3 is 10.6 Å². The molecule has 0 aromatic carbocycles. The van der Waals surface area contributed by atoms with Crippen LogP contribution < -0.4 is 10.6 Å². The molecule has 0 atom stereocenters. The zero-order chi connectivity index (χ0) is 12.0. The molecule has 1 aromatic rings. The number of carbonyl (C=O) groups excluding carboxylic acids is 1. The summed E-state index contributed by atoms with van der Waals surface area (Å²) in [5.41, 5.74) is 1.32. The van der Waals surface area contributed by atoms with Crippen molar-refractivity contribution < 1.29 is 4.79 Å². The highest BCUT2D eigenvalue weighted by Gasteiger charge is 2.07. The second kappa shape index (κ2) is 5.71. The molecule has 2 N–H and O–H groups in total. The van der Waals surface area contributed by atoms with Gasteiger partial charge >= 0.3 is 0 Å². The van der Waals surface area contributed by atoms with Gasteiger partial charge in [0.1, 0.15) is 11.9 Å². The van der Waals surface area contributed by atoms with Crippen LogP contribution in [0.2, 0.25) is 0 Å². The van der Waals surface area contributed by atoms with Crippen molar-refractivity contribution in [3.05, 3.63) is 23.4 Å². The Morgan fingerprint density at radius 3 is 3.00 bits per heavy atom. The van der Waals surface area contributed by atoms with Gasteiger partial charge in [-0.3, -0.25) is 4.79 Å². The van der Waals surface area contributed by atoms with E-state index in [0.717, 1.165) is 5.56 Å². The Morgan fingerprint density at radius 1 is 1.62 bits per heavy atom. The molecule has 1 aromatic heterocycles. The summed E-state index contributed by atoms with van der Waals surface area (Å²) in [5, 5.41) is 14.4. The first-order chi connectivity index (χ1) is 7.69. The number of aryl methyl sites for hydroxylation is 1. The summed E-state index contributed by atoms with van der Waals surface area (Å²) < 4.78 is 0. The number of likely N-dealkylation sites (N-methyl/N-ethyl adjacent to an activating group) is 1. The molecule has 0 aliphatic carbocycles. The Hall–Kier alpha value is -2.09. The van der Waals surface area contributed by atoms with Crippen molar-refractivity contribution in [3.63, 3.8) is 0 Å². The average Bonchev–Trinajstić information content (AvgIpc) is 2.27. The van der Waals surface area contributed by atoms with Crippen LogP contribution in [0, 0.1) is 18.3 Å². The maximum atomic E-state index is 11.2. The maximum absolute atomic E-state index is 11.2. The van der Waals surface area contributed by atoms with Crippen molar-refractivity contribution in [2.24, 2.45) is 0 Å². The van der Waals surface area contributed by atoms with Gasteiger partial charge in [-0.05, 0) is 25.5 Å². The minimum Gasteiger partial charge on any atom is -0.360 e. The lowest BCUT2D eigenvalue weighted by molar-refractivity contribution is -0.119. The summed E-state index contributed by atoms with van der Waals surface area (Å²) in [7, 11) is 0. The molecule has 5 heteroatoms. The zero-order valence-corrected chi connectivity index (χ0v) is 9.37. The van der Waals surface area contributed by atoms with Crippen LogP contribution in [-0.2, 0) is 4.79 Å². The van der Waals surface area contributed by atoms with Gasteiger partial charge in [-0.2, -0.15) is 5.26 Å². The zero-order valence-electron chi connectivity index (χ0n) is 9.37. The number of anilines is 1. The molecular formula is C11H14N4O. The Morgan fingerprint density at radius 2 is 2.38 bits per heavy atom. The van der Waals surface area contributed by atoms with E-state index in [0.29, 0.717) is 17.9 Å². The Labute approximate surface area is 94.5 Å². The smallest absolute Gasteiger partial charge is 0.239 e. The number of hydrogen-bond acceptors (Lipinski definition) is 4. The highest BCUT2D eigenvalue weighted by atomic mass is 16.1. The van der Waals surface area contributed by atoms with Gasteiger partial charge in [-0.25, -0.2) is 4.98 Å². The van der Waals surface area contributed by atoms with E-state index in [4.69, 9.17) is 5.26 Å². The number of rotatable bonds is 4. The molecule has 5 nitrogen and oxygen atoms in total. The van der Waals surface area contributed by atoms with Crippen molar-refractivity contribution in [1.29, 1.82) is 5.26 Å². The van der Waals surface area contributed by atoms with E-state index < -0.39 is 0 Å². The molecule has 0 bridgehead atoms. The SMILES string of the molecule is CCNC(=O)CNc1nccc(C)c1C#N. The van der Waals surface area contributed by atoms with Crippen LogP contribution in [0.3, 0.4) is 0 Å². The molecule has 0 unspecified atom stereocenters. The molecule has 0 saturated heterocycles. The summed E-state index contributed by atoms with van der Waals surface area (Å²) in [6.45, 7) is 4.40. The van der Waals surface area contributed by atoms with Crippen molar-refractivity contribution in [3.8, 4) is 6.07 Å². The number of nitrogens with zero attached hydrogens (tertiary/aromatic N) is 2.